The highest BCUT2D eigenvalue weighted by Gasteiger charge is 2.62. The summed E-state index contributed by atoms with van der Waals surface area (Å²) in [5.74, 6) is -5.81. The molecule has 23 heavy (non-hydrogen) atoms. The van der Waals surface area contributed by atoms with Crippen LogP contribution in [0.25, 0.3) is 5.78 Å². The van der Waals surface area contributed by atoms with Crippen LogP contribution in [0.5, 0.6) is 0 Å². The van der Waals surface area contributed by atoms with Gasteiger partial charge in [-0.25, -0.2) is 14.5 Å². The number of aromatic nitrogens is 4. The van der Waals surface area contributed by atoms with Gasteiger partial charge in [0.15, 0.2) is 11.5 Å². The third-order valence-electron chi connectivity index (χ3n) is 3.79. The fourth-order valence-corrected chi connectivity index (χ4v) is 2.59. The van der Waals surface area contributed by atoms with Crippen LogP contribution in [0.2, 0.25) is 0 Å². The van der Waals surface area contributed by atoms with Gasteiger partial charge in [-0.15, -0.1) is 5.10 Å². The third-order valence-corrected chi connectivity index (χ3v) is 3.79. The second-order valence-electron chi connectivity index (χ2n) is 5.43. The van der Waals surface area contributed by atoms with Gasteiger partial charge in [-0.2, -0.15) is 22.0 Å². The molecule has 0 bridgehead atoms. The van der Waals surface area contributed by atoms with Crippen LogP contribution in [0.15, 0.2) is 12.4 Å². The first-order chi connectivity index (χ1) is 10.8. The molecule has 1 aliphatic rings. The molecule has 0 N–H and O–H groups in total. The largest absolute Gasteiger partial charge is 0.459 e. The minimum Gasteiger partial charge on any atom is -0.353 e. The van der Waals surface area contributed by atoms with E-state index in [1.807, 2.05) is 0 Å². The average molecular weight is 335 g/mol. The number of halogens is 5. The maximum Gasteiger partial charge on any atom is 0.459 e. The Bertz CT molecular complexity index is 688. The van der Waals surface area contributed by atoms with Gasteiger partial charge in [0, 0.05) is 19.3 Å². The first kappa shape index (κ1) is 15.9. The number of alkyl halides is 5. The Balaban J connectivity index is 2.15. The van der Waals surface area contributed by atoms with Crippen molar-refractivity contribution >= 4 is 11.6 Å². The second kappa shape index (κ2) is 5.57. The van der Waals surface area contributed by atoms with Crippen molar-refractivity contribution in [2.24, 2.45) is 0 Å². The normalized spacial score (nSPS) is 17.5. The average Bonchev–Trinajstić information content (AvgIpc) is 2.76. The van der Waals surface area contributed by atoms with Gasteiger partial charge in [0.25, 0.3) is 5.78 Å². The first-order valence-electron chi connectivity index (χ1n) is 7.22. The monoisotopic (exact) mass is 335 g/mol. The molecule has 0 radical (unpaired) electrons. The smallest absolute Gasteiger partial charge is 0.353 e. The van der Waals surface area contributed by atoms with E-state index >= 15 is 0 Å². The van der Waals surface area contributed by atoms with Crippen molar-refractivity contribution in [3.05, 3.63) is 18.1 Å². The van der Waals surface area contributed by atoms with Gasteiger partial charge >= 0.3 is 12.1 Å². The van der Waals surface area contributed by atoms with E-state index in [0.717, 1.165) is 17.4 Å². The molecule has 0 spiro atoms. The lowest BCUT2D eigenvalue weighted by Crippen LogP contribution is -2.38. The van der Waals surface area contributed by atoms with Crippen molar-refractivity contribution in [2.75, 3.05) is 18.0 Å². The van der Waals surface area contributed by atoms with Gasteiger partial charge in [-0.3, -0.25) is 0 Å². The molecule has 1 aliphatic heterocycles. The fraction of sp³-hybridized carbons (Fsp3) is 0.615. The van der Waals surface area contributed by atoms with E-state index in [1.54, 1.807) is 0 Å². The standard InChI is InChI=1S/C13H14F5N5/c14-12(15,13(16,17)18)9-10(22-6-3-1-2-4-7-22)21-23-8-5-19-11(23)20-9/h5,8H,1-4,6-7H2. The van der Waals surface area contributed by atoms with Crippen molar-refractivity contribution in [2.45, 2.75) is 37.8 Å². The van der Waals surface area contributed by atoms with E-state index in [-0.39, 0.29) is 5.78 Å². The maximum atomic E-state index is 13.9. The molecule has 0 saturated carbocycles. The predicted molar refractivity (Wildman–Crippen MR) is 71.4 cm³/mol. The summed E-state index contributed by atoms with van der Waals surface area (Å²) in [5, 5.41) is 3.92. The molecule has 3 heterocycles. The second-order valence-corrected chi connectivity index (χ2v) is 5.43. The van der Waals surface area contributed by atoms with Gasteiger partial charge in [0.1, 0.15) is 0 Å². The number of hydrogen-bond donors (Lipinski definition) is 0. The molecule has 0 aromatic carbocycles. The number of rotatable bonds is 2. The lowest BCUT2D eigenvalue weighted by atomic mass is 10.2. The van der Waals surface area contributed by atoms with Gasteiger partial charge in [0.05, 0.1) is 6.20 Å². The highest BCUT2D eigenvalue weighted by Crippen LogP contribution is 2.45. The summed E-state index contributed by atoms with van der Waals surface area (Å²) in [6.07, 6.45) is 0.0925. The van der Waals surface area contributed by atoms with E-state index in [0.29, 0.717) is 25.9 Å². The molecule has 2 aromatic heterocycles. The van der Waals surface area contributed by atoms with E-state index in [4.69, 9.17) is 0 Å². The Hall–Kier alpha value is -2.00. The van der Waals surface area contributed by atoms with Gasteiger partial charge in [-0.1, -0.05) is 12.8 Å². The molecule has 126 valence electrons. The van der Waals surface area contributed by atoms with E-state index in [9.17, 15) is 22.0 Å². The Morgan fingerprint density at radius 3 is 2.22 bits per heavy atom. The summed E-state index contributed by atoms with van der Waals surface area (Å²) in [6, 6.07) is 0. The van der Waals surface area contributed by atoms with Crippen LogP contribution < -0.4 is 4.90 Å². The third kappa shape index (κ3) is 2.81. The molecule has 3 rings (SSSR count). The lowest BCUT2D eigenvalue weighted by molar-refractivity contribution is -0.290. The van der Waals surface area contributed by atoms with Crippen molar-refractivity contribution in [1.82, 2.24) is 19.6 Å². The SMILES string of the molecule is FC(F)(F)C(F)(F)c1nc2nccn2nc1N1CCCCCC1. The zero-order valence-electron chi connectivity index (χ0n) is 12.0. The summed E-state index contributed by atoms with van der Waals surface area (Å²) in [6.45, 7) is 0.742. The van der Waals surface area contributed by atoms with Crippen LogP contribution in [0.1, 0.15) is 31.4 Å². The van der Waals surface area contributed by atoms with Crippen LogP contribution in [0.4, 0.5) is 27.8 Å². The number of nitrogens with zero attached hydrogens (tertiary/aromatic N) is 5. The Labute approximate surface area is 128 Å². The van der Waals surface area contributed by atoms with Crippen LogP contribution in [-0.2, 0) is 5.92 Å². The minimum absolute atomic E-state index is 0.289. The number of hydrogen-bond acceptors (Lipinski definition) is 4. The molecular weight excluding hydrogens is 321 g/mol. The van der Waals surface area contributed by atoms with Crippen LogP contribution in [0, 0.1) is 0 Å². The van der Waals surface area contributed by atoms with E-state index in [1.165, 1.54) is 17.3 Å². The zero-order chi connectivity index (χ0) is 16.7. The summed E-state index contributed by atoms with van der Waals surface area (Å²) < 4.78 is 67.4. The van der Waals surface area contributed by atoms with Crippen molar-refractivity contribution in [1.29, 1.82) is 0 Å². The van der Waals surface area contributed by atoms with E-state index < -0.39 is 23.6 Å². The molecule has 2 aromatic rings. The molecular formula is C13H14F5N5. The fourth-order valence-electron chi connectivity index (χ4n) is 2.59. The Morgan fingerprint density at radius 2 is 1.61 bits per heavy atom. The summed E-state index contributed by atoms with van der Waals surface area (Å²) >= 11 is 0. The van der Waals surface area contributed by atoms with Crippen LogP contribution in [0.3, 0.4) is 0 Å². The van der Waals surface area contributed by atoms with Crippen LogP contribution >= 0.6 is 0 Å². The molecule has 0 amide bonds. The molecule has 1 fully saturated rings. The molecule has 0 unspecified atom stereocenters. The Morgan fingerprint density at radius 1 is 0.957 bits per heavy atom. The first-order valence-corrected chi connectivity index (χ1v) is 7.22. The van der Waals surface area contributed by atoms with Crippen molar-refractivity contribution < 1.29 is 22.0 Å². The van der Waals surface area contributed by atoms with Crippen molar-refractivity contribution in [3.63, 3.8) is 0 Å². The number of imidazole rings is 1. The Kier molecular flexibility index (Phi) is 3.85. The lowest BCUT2D eigenvalue weighted by Gasteiger charge is -2.27. The number of fused-ring (bicyclic) bond motifs is 1. The summed E-state index contributed by atoms with van der Waals surface area (Å²) in [5.41, 5.74) is -1.38. The summed E-state index contributed by atoms with van der Waals surface area (Å²) in [4.78, 5) is 8.56. The molecule has 0 atom stereocenters. The quantitative estimate of drug-likeness (QED) is 0.791. The zero-order valence-corrected chi connectivity index (χ0v) is 12.0. The molecule has 5 nitrogen and oxygen atoms in total. The van der Waals surface area contributed by atoms with Gasteiger partial charge < -0.3 is 4.90 Å². The topological polar surface area (TPSA) is 46.3 Å². The molecule has 0 aliphatic carbocycles. The highest BCUT2D eigenvalue weighted by atomic mass is 19.4. The summed E-state index contributed by atoms with van der Waals surface area (Å²) in [7, 11) is 0. The van der Waals surface area contributed by atoms with Crippen LogP contribution in [-0.4, -0.2) is 38.8 Å². The van der Waals surface area contributed by atoms with Crippen molar-refractivity contribution in [3.8, 4) is 0 Å². The number of anilines is 1. The molecule has 10 heteroatoms. The van der Waals surface area contributed by atoms with E-state index in [2.05, 4.69) is 15.1 Å². The minimum atomic E-state index is -5.74. The highest BCUT2D eigenvalue weighted by molar-refractivity contribution is 5.48. The van der Waals surface area contributed by atoms with Gasteiger partial charge in [0.2, 0.25) is 0 Å². The maximum absolute atomic E-state index is 13.9. The predicted octanol–water partition coefficient (Wildman–Crippen LogP) is 3.16. The molecule has 1 saturated heterocycles. The van der Waals surface area contributed by atoms with Gasteiger partial charge in [-0.05, 0) is 12.8 Å².